The number of fused-ring (bicyclic) bond motifs is 1. The number of rotatable bonds is 4. The van der Waals surface area contributed by atoms with E-state index < -0.39 is 0 Å². The van der Waals surface area contributed by atoms with E-state index in [1.807, 2.05) is 38.1 Å². The molecule has 0 saturated heterocycles. The van der Waals surface area contributed by atoms with Gasteiger partial charge in [0, 0.05) is 16.3 Å². The molecule has 0 aliphatic heterocycles. The minimum absolute atomic E-state index is 0.191. The lowest BCUT2D eigenvalue weighted by Gasteiger charge is -2.12. The molecule has 4 aromatic rings. The third-order valence-corrected chi connectivity index (χ3v) is 6.04. The van der Waals surface area contributed by atoms with Gasteiger partial charge in [0.05, 0.1) is 5.69 Å². The van der Waals surface area contributed by atoms with Gasteiger partial charge in [0.2, 0.25) is 0 Å². The average Bonchev–Trinajstić information content (AvgIpc) is 3.18. The average molecular weight is 478 g/mol. The number of nitrogens with zero attached hydrogens (tertiary/aromatic N) is 3. The molecule has 0 bridgehead atoms. The number of nitrogens with one attached hydrogen (secondary N) is 2. The molecular weight excluding hydrogens is 454 g/mol. The van der Waals surface area contributed by atoms with Crippen molar-refractivity contribution < 1.29 is 4.79 Å². The van der Waals surface area contributed by atoms with Crippen LogP contribution in [-0.2, 0) is 0 Å². The zero-order valence-electron chi connectivity index (χ0n) is 18.8. The number of anilines is 1. The summed E-state index contributed by atoms with van der Waals surface area (Å²) in [5.41, 5.74) is 6.67. The van der Waals surface area contributed by atoms with Crippen LogP contribution in [0.15, 0.2) is 54.6 Å². The van der Waals surface area contributed by atoms with Crippen molar-refractivity contribution in [2.45, 2.75) is 33.6 Å². The zero-order chi connectivity index (χ0) is 23.7. The molecule has 0 atom stereocenters. The SMILES string of the molecule is Cc1ccc(C(=O)NC(=S)Nc2cc3nn(-c4ccc(C(C)C)cc4)nc3cc2C)cc1Cl. The Bertz CT molecular complexity index is 1360. The van der Waals surface area contributed by atoms with Gasteiger partial charge in [-0.05, 0) is 85.1 Å². The molecule has 1 amide bonds. The highest BCUT2D eigenvalue weighted by molar-refractivity contribution is 7.80. The van der Waals surface area contributed by atoms with E-state index in [2.05, 4.69) is 46.8 Å². The molecule has 1 heterocycles. The Morgan fingerprint density at radius 2 is 1.64 bits per heavy atom. The van der Waals surface area contributed by atoms with E-state index in [1.54, 1.807) is 23.0 Å². The Labute approximate surface area is 203 Å². The molecule has 168 valence electrons. The Hall–Kier alpha value is -3.29. The highest BCUT2D eigenvalue weighted by Crippen LogP contribution is 2.23. The monoisotopic (exact) mass is 477 g/mol. The lowest BCUT2D eigenvalue weighted by atomic mass is 10.0. The molecule has 0 aliphatic carbocycles. The molecule has 8 heteroatoms. The van der Waals surface area contributed by atoms with Gasteiger partial charge in [-0.2, -0.15) is 4.80 Å². The van der Waals surface area contributed by atoms with Crippen molar-refractivity contribution in [3.05, 3.63) is 81.9 Å². The van der Waals surface area contributed by atoms with Crippen molar-refractivity contribution in [3.63, 3.8) is 0 Å². The number of hydrogen-bond acceptors (Lipinski definition) is 4. The summed E-state index contributed by atoms with van der Waals surface area (Å²) in [6.45, 7) is 8.15. The van der Waals surface area contributed by atoms with Crippen LogP contribution in [0.1, 0.15) is 46.8 Å². The third-order valence-electron chi connectivity index (χ3n) is 5.43. The summed E-state index contributed by atoms with van der Waals surface area (Å²) >= 11 is 11.5. The van der Waals surface area contributed by atoms with Gasteiger partial charge in [-0.3, -0.25) is 10.1 Å². The van der Waals surface area contributed by atoms with Crippen LogP contribution in [0.5, 0.6) is 0 Å². The first-order chi connectivity index (χ1) is 15.7. The molecule has 0 aliphatic rings. The van der Waals surface area contributed by atoms with E-state index in [9.17, 15) is 4.79 Å². The topological polar surface area (TPSA) is 71.8 Å². The van der Waals surface area contributed by atoms with Crippen LogP contribution in [0.4, 0.5) is 5.69 Å². The normalized spacial score (nSPS) is 11.1. The van der Waals surface area contributed by atoms with E-state index in [4.69, 9.17) is 23.8 Å². The summed E-state index contributed by atoms with van der Waals surface area (Å²) in [5.74, 6) is 0.135. The van der Waals surface area contributed by atoms with Crippen LogP contribution in [0.2, 0.25) is 5.02 Å². The summed E-state index contributed by atoms with van der Waals surface area (Å²) in [7, 11) is 0. The Balaban J connectivity index is 1.51. The number of thiocarbonyl (C=S) groups is 1. The van der Waals surface area contributed by atoms with Crippen molar-refractivity contribution in [3.8, 4) is 5.69 Å². The number of halogens is 1. The number of carbonyl (C=O) groups is 1. The first-order valence-corrected chi connectivity index (χ1v) is 11.4. The lowest BCUT2D eigenvalue weighted by Crippen LogP contribution is -2.34. The van der Waals surface area contributed by atoms with E-state index >= 15 is 0 Å². The smallest absolute Gasteiger partial charge is 0.257 e. The summed E-state index contributed by atoms with van der Waals surface area (Å²) in [6.07, 6.45) is 0. The summed E-state index contributed by atoms with van der Waals surface area (Å²) in [6, 6.07) is 17.2. The van der Waals surface area contributed by atoms with Crippen LogP contribution in [-0.4, -0.2) is 26.0 Å². The van der Waals surface area contributed by atoms with E-state index in [0.717, 1.165) is 33.5 Å². The third kappa shape index (κ3) is 5.05. The van der Waals surface area contributed by atoms with Crippen LogP contribution >= 0.6 is 23.8 Å². The van der Waals surface area contributed by atoms with Crippen LogP contribution in [0.3, 0.4) is 0 Å². The Morgan fingerprint density at radius 1 is 0.970 bits per heavy atom. The molecule has 4 rings (SSSR count). The number of benzene rings is 3. The predicted molar refractivity (Wildman–Crippen MR) is 138 cm³/mol. The van der Waals surface area contributed by atoms with Crippen LogP contribution < -0.4 is 10.6 Å². The minimum Gasteiger partial charge on any atom is -0.332 e. The quantitative estimate of drug-likeness (QED) is 0.356. The minimum atomic E-state index is -0.330. The molecule has 33 heavy (non-hydrogen) atoms. The lowest BCUT2D eigenvalue weighted by molar-refractivity contribution is 0.0977. The standard InChI is InChI=1S/C25H24ClN5OS/c1-14(2)17-7-9-19(10-8-17)31-29-22-11-16(4)21(13-23(22)30-31)27-25(33)28-24(32)18-6-5-15(3)20(26)12-18/h5-14H,1-4H3,(H2,27,28,32,33). The van der Waals surface area contributed by atoms with E-state index in [0.29, 0.717) is 16.5 Å². The molecule has 3 aromatic carbocycles. The highest BCUT2D eigenvalue weighted by atomic mass is 35.5. The van der Waals surface area contributed by atoms with Crippen molar-refractivity contribution in [1.82, 2.24) is 20.3 Å². The molecule has 2 N–H and O–H groups in total. The van der Waals surface area contributed by atoms with Gasteiger partial charge in [-0.25, -0.2) is 0 Å². The molecule has 6 nitrogen and oxygen atoms in total. The van der Waals surface area contributed by atoms with E-state index in [1.165, 1.54) is 5.56 Å². The van der Waals surface area contributed by atoms with Gasteiger partial charge in [-0.15, -0.1) is 10.2 Å². The second-order valence-electron chi connectivity index (χ2n) is 8.26. The maximum absolute atomic E-state index is 12.5. The summed E-state index contributed by atoms with van der Waals surface area (Å²) in [5, 5.41) is 15.7. The van der Waals surface area contributed by atoms with Crippen molar-refractivity contribution in [2.75, 3.05) is 5.32 Å². The number of aryl methyl sites for hydroxylation is 2. The second kappa shape index (κ2) is 9.29. The number of carbonyl (C=O) groups excluding carboxylic acids is 1. The molecule has 0 unspecified atom stereocenters. The van der Waals surface area contributed by atoms with Crippen molar-refractivity contribution >= 4 is 51.6 Å². The highest BCUT2D eigenvalue weighted by Gasteiger charge is 2.13. The summed E-state index contributed by atoms with van der Waals surface area (Å²) in [4.78, 5) is 14.1. The van der Waals surface area contributed by atoms with Gasteiger partial charge in [0.1, 0.15) is 11.0 Å². The largest absolute Gasteiger partial charge is 0.332 e. The molecule has 0 spiro atoms. The Kier molecular flexibility index (Phi) is 6.44. The molecule has 1 aromatic heterocycles. The van der Waals surface area contributed by atoms with Gasteiger partial charge in [-0.1, -0.05) is 43.6 Å². The Morgan fingerprint density at radius 3 is 2.27 bits per heavy atom. The molecule has 0 radical (unpaired) electrons. The maximum Gasteiger partial charge on any atom is 0.257 e. The molecular formula is C25H24ClN5OS. The fourth-order valence-electron chi connectivity index (χ4n) is 3.37. The van der Waals surface area contributed by atoms with Crippen LogP contribution in [0, 0.1) is 13.8 Å². The van der Waals surface area contributed by atoms with Gasteiger partial charge in [0.15, 0.2) is 5.11 Å². The summed E-state index contributed by atoms with van der Waals surface area (Å²) < 4.78 is 0. The number of hydrogen-bond donors (Lipinski definition) is 2. The first kappa shape index (κ1) is 22.9. The van der Waals surface area contributed by atoms with E-state index in [-0.39, 0.29) is 11.0 Å². The van der Waals surface area contributed by atoms with Crippen molar-refractivity contribution in [2.24, 2.45) is 0 Å². The maximum atomic E-state index is 12.5. The van der Waals surface area contributed by atoms with Crippen molar-refractivity contribution in [1.29, 1.82) is 0 Å². The van der Waals surface area contributed by atoms with Gasteiger partial charge >= 0.3 is 0 Å². The van der Waals surface area contributed by atoms with Gasteiger partial charge < -0.3 is 5.32 Å². The first-order valence-electron chi connectivity index (χ1n) is 10.6. The second-order valence-corrected chi connectivity index (χ2v) is 9.08. The predicted octanol–water partition coefficient (Wildman–Crippen LogP) is 5.94. The van der Waals surface area contributed by atoms with Crippen LogP contribution in [0.25, 0.3) is 16.7 Å². The molecule has 0 fully saturated rings. The zero-order valence-corrected chi connectivity index (χ0v) is 20.4. The fraction of sp³-hybridized carbons (Fsp3) is 0.200. The number of amides is 1. The number of aromatic nitrogens is 3. The van der Waals surface area contributed by atoms with Gasteiger partial charge in [0.25, 0.3) is 5.91 Å². The fourth-order valence-corrected chi connectivity index (χ4v) is 3.76. The molecule has 0 saturated carbocycles.